The first-order valence-corrected chi connectivity index (χ1v) is 6.29. The lowest BCUT2D eigenvalue weighted by atomic mass is 10.2. The van der Waals surface area contributed by atoms with E-state index in [1.165, 1.54) is 6.33 Å². The summed E-state index contributed by atoms with van der Waals surface area (Å²) in [5, 5.41) is 19.9. The molecule has 0 aliphatic carbocycles. The maximum absolute atomic E-state index is 11.0. The summed E-state index contributed by atoms with van der Waals surface area (Å²) in [5.41, 5.74) is 0. The normalized spacial score (nSPS) is 18.0. The van der Waals surface area contributed by atoms with Crippen LogP contribution in [0.25, 0.3) is 0 Å². The molecule has 1 atom stereocenters. The van der Waals surface area contributed by atoms with Crippen LogP contribution in [0.5, 0.6) is 0 Å². The zero-order chi connectivity index (χ0) is 14.9. The minimum absolute atomic E-state index is 0.160. The van der Waals surface area contributed by atoms with Gasteiger partial charge in [0.15, 0.2) is 0 Å². The number of piperazine rings is 1. The lowest BCUT2D eigenvalue weighted by Gasteiger charge is -2.37. The molecule has 1 N–H and O–H groups in total. The van der Waals surface area contributed by atoms with E-state index < -0.39 is 16.9 Å². The molecule has 1 aromatic rings. The van der Waals surface area contributed by atoms with Gasteiger partial charge in [0.25, 0.3) is 0 Å². The highest BCUT2D eigenvalue weighted by Crippen LogP contribution is 2.26. The molecule has 1 aromatic heterocycles. The van der Waals surface area contributed by atoms with Crippen molar-refractivity contribution in [1.29, 1.82) is 0 Å². The van der Waals surface area contributed by atoms with Gasteiger partial charge in [0.2, 0.25) is 12.1 Å². The van der Waals surface area contributed by atoms with Crippen molar-refractivity contribution in [2.24, 2.45) is 7.05 Å². The number of carboxylic acids is 1. The van der Waals surface area contributed by atoms with E-state index in [9.17, 15) is 14.9 Å². The van der Waals surface area contributed by atoms with E-state index in [1.54, 1.807) is 18.5 Å². The molecule has 0 radical (unpaired) electrons. The van der Waals surface area contributed by atoms with E-state index in [0.717, 1.165) is 0 Å². The van der Waals surface area contributed by atoms with E-state index in [1.807, 2.05) is 9.80 Å². The number of hydrogen-bond acceptors (Lipinski definition) is 6. The fourth-order valence-electron chi connectivity index (χ4n) is 2.38. The highest BCUT2D eigenvalue weighted by Gasteiger charge is 2.30. The molecule has 1 aliphatic rings. The predicted octanol–water partition coefficient (Wildman–Crippen LogP) is -0.0766. The van der Waals surface area contributed by atoms with Crippen molar-refractivity contribution in [2.75, 3.05) is 31.1 Å². The second-order valence-corrected chi connectivity index (χ2v) is 4.80. The average molecular weight is 283 g/mol. The molecule has 9 nitrogen and oxygen atoms in total. The Kier molecular flexibility index (Phi) is 3.89. The number of hydrogen-bond donors (Lipinski definition) is 1. The van der Waals surface area contributed by atoms with Gasteiger partial charge in [-0.1, -0.05) is 0 Å². The van der Waals surface area contributed by atoms with Gasteiger partial charge in [0.05, 0.1) is 0 Å². The van der Waals surface area contributed by atoms with E-state index in [2.05, 4.69) is 4.98 Å². The molecule has 0 spiro atoms. The van der Waals surface area contributed by atoms with Crippen molar-refractivity contribution in [3.05, 3.63) is 16.4 Å². The fraction of sp³-hybridized carbons (Fsp3) is 0.636. The molecule has 2 rings (SSSR count). The maximum atomic E-state index is 11.0. The van der Waals surface area contributed by atoms with Gasteiger partial charge in [0.1, 0.15) is 6.04 Å². The van der Waals surface area contributed by atoms with Crippen LogP contribution in [0.3, 0.4) is 0 Å². The van der Waals surface area contributed by atoms with Crippen LogP contribution in [0, 0.1) is 10.1 Å². The molecule has 0 amide bonds. The minimum atomic E-state index is -0.857. The quantitative estimate of drug-likeness (QED) is 0.608. The Hall–Kier alpha value is -2.16. The number of imidazole rings is 1. The van der Waals surface area contributed by atoms with Crippen LogP contribution in [0.4, 0.5) is 11.6 Å². The Morgan fingerprint density at radius 2 is 2.05 bits per heavy atom. The van der Waals surface area contributed by atoms with E-state index in [4.69, 9.17) is 5.11 Å². The Labute approximate surface area is 115 Å². The van der Waals surface area contributed by atoms with Crippen LogP contribution >= 0.6 is 0 Å². The third kappa shape index (κ3) is 2.57. The van der Waals surface area contributed by atoms with Gasteiger partial charge in [0, 0.05) is 33.2 Å². The zero-order valence-corrected chi connectivity index (χ0v) is 11.4. The molecule has 1 saturated heterocycles. The van der Waals surface area contributed by atoms with Crippen LogP contribution in [0.15, 0.2) is 6.33 Å². The van der Waals surface area contributed by atoms with Gasteiger partial charge in [-0.15, -0.1) is 0 Å². The van der Waals surface area contributed by atoms with E-state index >= 15 is 0 Å². The predicted molar refractivity (Wildman–Crippen MR) is 70.7 cm³/mol. The number of aliphatic carboxylic acids is 1. The van der Waals surface area contributed by atoms with Crippen LogP contribution < -0.4 is 4.90 Å². The summed E-state index contributed by atoms with van der Waals surface area (Å²) in [4.78, 5) is 28.9. The van der Waals surface area contributed by atoms with E-state index in [-0.39, 0.29) is 5.82 Å². The van der Waals surface area contributed by atoms with Gasteiger partial charge in [-0.3, -0.25) is 14.3 Å². The molecule has 2 heterocycles. The third-order valence-corrected chi connectivity index (χ3v) is 3.58. The summed E-state index contributed by atoms with van der Waals surface area (Å²) in [5.74, 6) is -0.546. The van der Waals surface area contributed by atoms with Crippen LogP contribution in [-0.2, 0) is 11.8 Å². The van der Waals surface area contributed by atoms with Crippen molar-refractivity contribution in [2.45, 2.75) is 13.0 Å². The number of anilines is 1. The number of aryl methyl sites for hydroxylation is 1. The molecular formula is C11H17N5O4. The number of carboxylic acid groups (broad SMARTS) is 1. The Bertz CT molecular complexity index is 521. The first kappa shape index (κ1) is 14.3. The average Bonchev–Trinajstić information content (AvgIpc) is 2.80. The first-order chi connectivity index (χ1) is 9.41. The summed E-state index contributed by atoms with van der Waals surface area (Å²) >= 11 is 0. The van der Waals surface area contributed by atoms with Crippen molar-refractivity contribution >= 4 is 17.6 Å². The number of rotatable bonds is 4. The highest BCUT2D eigenvalue weighted by molar-refractivity contribution is 5.73. The summed E-state index contributed by atoms with van der Waals surface area (Å²) in [7, 11) is 1.71. The molecular weight excluding hydrogens is 266 g/mol. The fourth-order valence-corrected chi connectivity index (χ4v) is 2.38. The number of aromatic nitrogens is 2. The SMILES string of the molecule is CC(C(=O)O)N1CCN(c2c([N+](=O)[O-])ncn2C)CC1. The Morgan fingerprint density at radius 1 is 1.45 bits per heavy atom. The standard InChI is InChI=1S/C11H17N5O4/c1-8(11(17)18)14-3-5-15(6-4-14)10-9(16(19)20)12-7-13(10)2/h7-8H,3-6H2,1-2H3,(H,17,18). The van der Waals surface area contributed by atoms with Crippen molar-refractivity contribution in [1.82, 2.24) is 14.5 Å². The topological polar surface area (TPSA) is 105 Å². The largest absolute Gasteiger partial charge is 0.480 e. The minimum Gasteiger partial charge on any atom is -0.480 e. The third-order valence-electron chi connectivity index (χ3n) is 3.58. The molecule has 9 heteroatoms. The van der Waals surface area contributed by atoms with Gasteiger partial charge < -0.3 is 20.1 Å². The zero-order valence-electron chi connectivity index (χ0n) is 11.4. The first-order valence-electron chi connectivity index (χ1n) is 6.29. The smallest absolute Gasteiger partial charge is 0.406 e. The summed E-state index contributed by atoms with van der Waals surface area (Å²) < 4.78 is 1.62. The second kappa shape index (κ2) is 5.45. The molecule has 1 fully saturated rings. The van der Waals surface area contributed by atoms with Crippen molar-refractivity contribution < 1.29 is 14.8 Å². The monoisotopic (exact) mass is 283 g/mol. The lowest BCUT2D eigenvalue weighted by molar-refractivity contribution is -0.388. The molecule has 1 aliphatic heterocycles. The van der Waals surface area contributed by atoms with E-state index in [0.29, 0.717) is 32.0 Å². The summed E-state index contributed by atoms with van der Waals surface area (Å²) in [6.07, 6.45) is 1.42. The van der Waals surface area contributed by atoms with Gasteiger partial charge in [-0.25, -0.2) is 0 Å². The Balaban J connectivity index is 2.10. The number of nitro groups is 1. The molecule has 1 unspecified atom stereocenters. The van der Waals surface area contributed by atoms with Crippen LogP contribution in [0.1, 0.15) is 6.92 Å². The van der Waals surface area contributed by atoms with Gasteiger partial charge in [-0.2, -0.15) is 0 Å². The summed E-state index contributed by atoms with van der Waals surface area (Å²) in [6, 6.07) is -0.543. The lowest BCUT2D eigenvalue weighted by Crippen LogP contribution is -2.52. The van der Waals surface area contributed by atoms with Gasteiger partial charge in [-0.05, 0) is 16.8 Å². The van der Waals surface area contributed by atoms with Crippen LogP contribution in [-0.4, -0.2) is 62.7 Å². The van der Waals surface area contributed by atoms with Crippen LogP contribution in [0.2, 0.25) is 0 Å². The molecule has 110 valence electrons. The molecule has 20 heavy (non-hydrogen) atoms. The van der Waals surface area contributed by atoms with Gasteiger partial charge >= 0.3 is 11.8 Å². The highest BCUT2D eigenvalue weighted by atomic mass is 16.6. The van der Waals surface area contributed by atoms with Crippen molar-refractivity contribution in [3.63, 3.8) is 0 Å². The van der Waals surface area contributed by atoms with Crippen molar-refractivity contribution in [3.8, 4) is 0 Å². The Morgan fingerprint density at radius 3 is 2.55 bits per heavy atom. The maximum Gasteiger partial charge on any atom is 0.406 e. The number of carbonyl (C=O) groups is 1. The molecule has 0 saturated carbocycles. The molecule has 0 aromatic carbocycles. The second-order valence-electron chi connectivity index (χ2n) is 4.80. The number of nitrogens with zero attached hydrogens (tertiary/aromatic N) is 5. The summed E-state index contributed by atoms with van der Waals surface area (Å²) in [6.45, 7) is 3.83. The molecule has 0 bridgehead atoms.